The lowest BCUT2D eigenvalue weighted by atomic mass is 9.98. The molecule has 2 aromatic carbocycles. The molecule has 1 heterocycles. The number of benzene rings is 2. The fourth-order valence-corrected chi connectivity index (χ4v) is 2.31. The van der Waals surface area contributed by atoms with Crippen molar-refractivity contribution < 1.29 is 0 Å². The topological polar surface area (TPSA) is 12.9 Å². The smallest absolute Gasteiger partial charge is 0.0708 e. The molecule has 0 amide bonds. The number of hydrogen-bond donors (Lipinski definition) is 0. The number of fused-ring (bicyclic) bond motifs is 1. The van der Waals surface area contributed by atoms with Crippen molar-refractivity contribution >= 4 is 10.9 Å². The minimum atomic E-state index is 0.576. The average Bonchev–Trinajstić information content (AvgIpc) is 2.47. The number of nitrogens with zero attached hydrogens (tertiary/aromatic N) is 1. The molecular weight excluding hydrogens is 230 g/mol. The molecule has 0 spiro atoms. The van der Waals surface area contributed by atoms with E-state index >= 15 is 0 Å². The number of pyridine rings is 1. The maximum atomic E-state index is 4.41. The minimum Gasteiger partial charge on any atom is -0.256 e. The Kier molecular flexibility index (Phi) is 3.04. The second-order valence-electron chi connectivity index (χ2n) is 5.19. The van der Waals surface area contributed by atoms with Gasteiger partial charge in [-0.3, -0.25) is 4.98 Å². The third-order valence-electron chi connectivity index (χ3n) is 3.52. The van der Waals surface area contributed by atoms with Crippen molar-refractivity contribution in [2.75, 3.05) is 0 Å². The van der Waals surface area contributed by atoms with Gasteiger partial charge in [-0.2, -0.15) is 0 Å². The largest absolute Gasteiger partial charge is 0.256 e. The van der Waals surface area contributed by atoms with Gasteiger partial charge in [-0.25, -0.2) is 0 Å². The first kappa shape index (κ1) is 11.9. The van der Waals surface area contributed by atoms with E-state index in [9.17, 15) is 0 Å². The van der Waals surface area contributed by atoms with Gasteiger partial charge in [0.1, 0.15) is 0 Å². The molecule has 0 aliphatic rings. The zero-order valence-corrected chi connectivity index (χ0v) is 11.3. The van der Waals surface area contributed by atoms with E-state index in [-0.39, 0.29) is 0 Å². The maximum absolute atomic E-state index is 4.41. The molecule has 94 valence electrons. The Morgan fingerprint density at radius 1 is 0.842 bits per heavy atom. The van der Waals surface area contributed by atoms with Crippen LogP contribution in [0.15, 0.2) is 60.8 Å². The number of aromatic nitrogens is 1. The normalized spacial score (nSPS) is 11.1. The molecule has 0 fully saturated rings. The summed E-state index contributed by atoms with van der Waals surface area (Å²) < 4.78 is 0. The average molecular weight is 247 g/mol. The fraction of sp³-hybridized carbons (Fsp3) is 0.167. The highest BCUT2D eigenvalue weighted by molar-refractivity contribution is 5.84. The van der Waals surface area contributed by atoms with Crippen molar-refractivity contribution in [1.82, 2.24) is 4.98 Å². The van der Waals surface area contributed by atoms with Gasteiger partial charge in [-0.1, -0.05) is 56.3 Å². The third-order valence-corrected chi connectivity index (χ3v) is 3.52. The zero-order chi connectivity index (χ0) is 13.2. The molecule has 1 heteroatoms. The van der Waals surface area contributed by atoms with Crippen LogP contribution in [0.3, 0.4) is 0 Å². The monoisotopic (exact) mass is 247 g/mol. The van der Waals surface area contributed by atoms with E-state index in [1.807, 2.05) is 12.3 Å². The summed E-state index contributed by atoms with van der Waals surface area (Å²) in [4.78, 5) is 4.41. The fourth-order valence-electron chi connectivity index (χ4n) is 2.31. The SMILES string of the molecule is CC(C)c1ccc(-c2ccc3cccnc3c2)cc1. The van der Waals surface area contributed by atoms with E-state index < -0.39 is 0 Å². The molecule has 0 bridgehead atoms. The van der Waals surface area contributed by atoms with Crippen LogP contribution in [-0.4, -0.2) is 4.98 Å². The molecule has 1 nitrogen and oxygen atoms in total. The van der Waals surface area contributed by atoms with Gasteiger partial charge in [0.15, 0.2) is 0 Å². The third kappa shape index (κ3) is 2.37. The summed E-state index contributed by atoms with van der Waals surface area (Å²) in [6, 6.07) is 19.3. The van der Waals surface area contributed by atoms with Crippen LogP contribution in [0.4, 0.5) is 0 Å². The first-order chi connectivity index (χ1) is 9.24. The van der Waals surface area contributed by atoms with Crippen LogP contribution in [0, 0.1) is 0 Å². The highest BCUT2D eigenvalue weighted by Crippen LogP contribution is 2.25. The van der Waals surface area contributed by atoms with Crippen LogP contribution >= 0.6 is 0 Å². The van der Waals surface area contributed by atoms with E-state index in [2.05, 4.69) is 67.4 Å². The molecule has 0 saturated heterocycles. The van der Waals surface area contributed by atoms with Crippen LogP contribution in [0.25, 0.3) is 22.0 Å². The van der Waals surface area contributed by atoms with Crippen molar-refractivity contribution in [2.45, 2.75) is 19.8 Å². The van der Waals surface area contributed by atoms with Gasteiger partial charge in [0, 0.05) is 11.6 Å². The second kappa shape index (κ2) is 4.85. The Morgan fingerprint density at radius 3 is 2.32 bits per heavy atom. The van der Waals surface area contributed by atoms with Crippen LogP contribution in [0.2, 0.25) is 0 Å². The van der Waals surface area contributed by atoms with E-state index in [4.69, 9.17) is 0 Å². The summed E-state index contributed by atoms with van der Waals surface area (Å²) in [6.45, 7) is 4.43. The molecule has 0 saturated carbocycles. The van der Waals surface area contributed by atoms with E-state index in [0.29, 0.717) is 5.92 Å². The van der Waals surface area contributed by atoms with Gasteiger partial charge in [0.2, 0.25) is 0 Å². The molecular formula is C18H17N. The van der Waals surface area contributed by atoms with Gasteiger partial charge < -0.3 is 0 Å². The number of hydrogen-bond acceptors (Lipinski definition) is 1. The summed E-state index contributed by atoms with van der Waals surface area (Å²) in [6.07, 6.45) is 1.84. The first-order valence-electron chi connectivity index (χ1n) is 6.69. The van der Waals surface area contributed by atoms with Crippen molar-refractivity contribution in [1.29, 1.82) is 0 Å². The predicted octanol–water partition coefficient (Wildman–Crippen LogP) is 5.03. The molecule has 19 heavy (non-hydrogen) atoms. The summed E-state index contributed by atoms with van der Waals surface area (Å²) in [7, 11) is 0. The summed E-state index contributed by atoms with van der Waals surface area (Å²) in [5.41, 5.74) is 4.90. The van der Waals surface area contributed by atoms with Gasteiger partial charge in [0.05, 0.1) is 5.52 Å². The van der Waals surface area contributed by atoms with Crippen LogP contribution in [0.1, 0.15) is 25.3 Å². The van der Waals surface area contributed by atoms with Gasteiger partial charge in [-0.05, 0) is 34.7 Å². The highest BCUT2D eigenvalue weighted by Gasteiger charge is 2.02. The van der Waals surface area contributed by atoms with Crippen molar-refractivity contribution in [3.63, 3.8) is 0 Å². The minimum absolute atomic E-state index is 0.576. The Morgan fingerprint density at radius 2 is 1.58 bits per heavy atom. The van der Waals surface area contributed by atoms with Crippen molar-refractivity contribution in [3.8, 4) is 11.1 Å². The molecule has 1 aromatic heterocycles. The molecule has 3 rings (SSSR count). The first-order valence-corrected chi connectivity index (χ1v) is 6.69. The molecule has 0 atom stereocenters. The standard InChI is InChI=1S/C18H17N/c1-13(2)14-5-7-15(8-6-14)17-10-9-16-4-3-11-19-18(16)12-17/h3-13H,1-2H3. The maximum Gasteiger partial charge on any atom is 0.0708 e. The Bertz CT molecular complexity index is 696. The van der Waals surface area contributed by atoms with Crippen LogP contribution in [-0.2, 0) is 0 Å². The molecule has 3 aromatic rings. The van der Waals surface area contributed by atoms with E-state index in [0.717, 1.165) is 5.52 Å². The lowest BCUT2D eigenvalue weighted by molar-refractivity contribution is 0.867. The summed E-state index contributed by atoms with van der Waals surface area (Å²) >= 11 is 0. The van der Waals surface area contributed by atoms with Crippen molar-refractivity contribution in [3.05, 3.63) is 66.4 Å². The van der Waals surface area contributed by atoms with E-state index in [1.165, 1.54) is 22.1 Å². The second-order valence-corrected chi connectivity index (χ2v) is 5.19. The van der Waals surface area contributed by atoms with Gasteiger partial charge in [-0.15, -0.1) is 0 Å². The molecule has 0 radical (unpaired) electrons. The van der Waals surface area contributed by atoms with Crippen LogP contribution < -0.4 is 0 Å². The number of rotatable bonds is 2. The lowest BCUT2D eigenvalue weighted by Gasteiger charge is -2.07. The summed E-state index contributed by atoms with van der Waals surface area (Å²) in [5, 5.41) is 1.19. The Balaban J connectivity index is 2.03. The predicted molar refractivity (Wildman–Crippen MR) is 81.3 cm³/mol. The molecule has 0 aliphatic carbocycles. The van der Waals surface area contributed by atoms with Crippen molar-refractivity contribution in [2.24, 2.45) is 0 Å². The quantitative estimate of drug-likeness (QED) is 0.619. The zero-order valence-electron chi connectivity index (χ0n) is 11.3. The van der Waals surface area contributed by atoms with Gasteiger partial charge in [0.25, 0.3) is 0 Å². The lowest BCUT2D eigenvalue weighted by Crippen LogP contribution is -1.87. The Hall–Kier alpha value is -2.15. The highest BCUT2D eigenvalue weighted by atomic mass is 14.6. The molecule has 0 aliphatic heterocycles. The van der Waals surface area contributed by atoms with E-state index in [1.54, 1.807) is 0 Å². The summed E-state index contributed by atoms with van der Waals surface area (Å²) in [5.74, 6) is 0.576. The van der Waals surface area contributed by atoms with Gasteiger partial charge >= 0.3 is 0 Å². The molecule has 0 unspecified atom stereocenters. The van der Waals surface area contributed by atoms with Crippen LogP contribution in [0.5, 0.6) is 0 Å². The Labute approximate surface area is 113 Å². The molecule has 0 N–H and O–H groups in total.